The maximum Gasteiger partial charge on any atom is 0.317 e. The quantitative estimate of drug-likeness (QED) is 0.844. The van der Waals surface area contributed by atoms with Crippen LogP contribution in [0, 0.1) is 5.82 Å². The summed E-state index contributed by atoms with van der Waals surface area (Å²) in [7, 11) is 1.65. The third-order valence-corrected chi connectivity index (χ3v) is 2.19. The van der Waals surface area contributed by atoms with Crippen LogP contribution in [0.1, 0.15) is 26.3 Å². The second-order valence-electron chi connectivity index (χ2n) is 5.13. The number of rotatable bonds is 2. The maximum atomic E-state index is 13.4. The van der Waals surface area contributed by atoms with Crippen molar-refractivity contribution >= 4 is 6.03 Å². The van der Waals surface area contributed by atoms with E-state index >= 15 is 0 Å². The van der Waals surface area contributed by atoms with E-state index in [1.807, 2.05) is 20.8 Å². The van der Waals surface area contributed by atoms with Gasteiger partial charge in [0, 0.05) is 24.7 Å². The third-order valence-electron chi connectivity index (χ3n) is 2.19. The number of nitrogens with zero attached hydrogens (tertiary/aromatic N) is 1. The highest BCUT2D eigenvalue weighted by molar-refractivity contribution is 5.74. The lowest BCUT2D eigenvalue weighted by molar-refractivity contribution is 0.197. The molecule has 17 heavy (non-hydrogen) atoms. The van der Waals surface area contributed by atoms with Crippen LogP contribution in [0.4, 0.5) is 9.18 Å². The predicted molar refractivity (Wildman–Crippen MR) is 66.2 cm³/mol. The molecule has 0 aliphatic heterocycles. The number of hydrogen-bond donors (Lipinski definition) is 1. The molecule has 0 heterocycles. The van der Waals surface area contributed by atoms with Crippen LogP contribution in [-0.4, -0.2) is 23.5 Å². The molecule has 0 saturated carbocycles. The molecule has 0 aliphatic rings. The Balaban J connectivity index is 2.64. The minimum atomic E-state index is -0.291. The van der Waals surface area contributed by atoms with Crippen molar-refractivity contribution in [2.24, 2.45) is 0 Å². The SMILES string of the molecule is CN(Cc1ccccc1F)C(=O)NC(C)(C)C. The van der Waals surface area contributed by atoms with E-state index in [4.69, 9.17) is 0 Å². The lowest BCUT2D eigenvalue weighted by Crippen LogP contribution is -2.46. The molecule has 0 radical (unpaired) electrons. The number of benzene rings is 1. The molecule has 0 fully saturated rings. The zero-order valence-corrected chi connectivity index (χ0v) is 10.7. The van der Waals surface area contributed by atoms with Crippen LogP contribution in [0.25, 0.3) is 0 Å². The van der Waals surface area contributed by atoms with E-state index in [2.05, 4.69) is 5.32 Å². The van der Waals surface area contributed by atoms with Gasteiger partial charge in [0.15, 0.2) is 0 Å². The Morgan fingerprint density at radius 2 is 1.94 bits per heavy atom. The van der Waals surface area contributed by atoms with Crippen LogP contribution in [-0.2, 0) is 6.54 Å². The minimum Gasteiger partial charge on any atom is -0.333 e. The van der Waals surface area contributed by atoms with Gasteiger partial charge in [-0.3, -0.25) is 0 Å². The van der Waals surface area contributed by atoms with E-state index in [1.165, 1.54) is 11.0 Å². The van der Waals surface area contributed by atoms with Crippen molar-refractivity contribution in [1.29, 1.82) is 0 Å². The van der Waals surface area contributed by atoms with Crippen molar-refractivity contribution in [3.05, 3.63) is 35.6 Å². The van der Waals surface area contributed by atoms with Gasteiger partial charge in [-0.2, -0.15) is 0 Å². The van der Waals surface area contributed by atoms with Crippen molar-refractivity contribution in [1.82, 2.24) is 10.2 Å². The summed E-state index contributed by atoms with van der Waals surface area (Å²) < 4.78 is 13.4. The summed E-state index contributed by atoms with van der Waals surface area (Å²) in [5.41, 5.74) is 0.222. The van der Waals surface area contributed by atoms with Crippen LogP contribution in [0.5, 0.6) is 0 Å². The summed E-state index contributed by atoms with van der Waals surface area (Å²) in [5, 5.41) is 2.82. The molecule has 1 rings (SSSR count). The summed E-state index contributed by atoms with van der Waals surface area (Å²) in [5.74, 6) is -0.289. The normalized spacial score (nSPS) is 11.1. The Morgan fingerprint density at radius 3 is 2.47 bits per heavy atom. The molecular weight excluding hydrogens is 219 g/mol. The highest BCUT2D eigenvalue weighted by Crippen LogP contribution is 2.09. The molecule has 0 aromatic heterocycles. The predicted octanol–water partition coefficient (Wildman–Crippen LogP) is 2.77. The molecule has 0 bridgehead atoms. The van der Waals surface area contributed by atoms with Crippen LogP contribution < -0.4 is 5.32 Å². The van der Waals surface area contributed by atoms with E-state index in [-0.39, 0.29) is 23.9 Å². The monoisotopic (exact) mass is 238 g/mol. The minimum absolute atomic E-state index is 0.208. The molecule has 94 valence electrons. The van der Waals surface area contributed by atoms with Gasteiger partial charge in [0.25, 0.3) is 0 Å². The smallest absolute Gasteiger partial charge is 0.317 e. The lowest BCUT2D eigenvalue weighted by Gasteiger charge is -2.25. The van der Waals surface area contributed by atoms with Crippen molar-refractivity contribution in [3.63, 3.8) is 0 Å². The molecule has 0 spiro atoms. The van der Waals surface area contributed by atoms with Gasteiger partial charge in [-0.05, 0) is 26.8 Å². The van der Waals surface area contributed by atoms with E-state index in [0.29, 0.717) is 5.56 Å². The second-order valence-corrected chi connectivity index (χ2v) is 5.13. The Labute approximate surface area is 102 Å². The van der Waals surface area contributed by atoms with Gasteiger partial charge in [0.1, 0.15) is 5.82 Å². The molecule has 1 aromatic carbocycles. The molecule has 0 unspecified atom stereocenters. The number of halogens is 1. The zero-order chi connectivity index (χ0) is 13.1. The Morgan fingerprint density at radius 1 is 1.35 bits per heavy atom. The fourth-order valence-electron chi connectivity index (χ4n) is 1.37. The molecule has 1 N–H and O–H groups in total. The first-order valence-electron chi connectivity index (χ1n) is 5.56. The number of amides is 2. The van der Waals surface area contributed by atoms with Crippen LogP contribution in [0.15, 0.2) is 24.3 Å². The Bertz CT molecular complexity index is 399. The highest BCUT2D eigenvalue weighted by Gasteiger charge is 2.17. The summed E-state index contributed by atoms with van der Waals surface area (Å²) in [6, 6.07) is 6.25. The molecule has 3 nitrogen and oxygen atoms in total. The number of nitrogens with one attached hydrogen (secondary N) is 1. The summed E-state index contributed by atoms with van der Waals surface area (Å²) >= 11 is 0. The van der Waals surface area contributed by atoms with E-state index in [0.717, 1.165) is 0 Å². The first kappa shape index (κ1) is 13.5. The first-order valence-corrected chi connectivity index (χ1v) is 5.56. The highest BCUT2D eigenvalue weighted by atomic mass is 19.1. The largest absolute Gasteiger partial charge is 0.333 e. The molecule has 0 saturated heterocycles. The van der Waals surface area contributed by atoms with Gasteiger partial charge in [0.2, 0.25) is 0 Å². The Hall–Kier alpha value is -1.58. The summed E-state index contributed by atoms with van der Waals surface area (Å²) in [4.78, 5) is 13.2. The standard InChI is InChI=1S/C13H19FN2O/c1-13(2,3)15-12(17)16(4)9-10-7-5-6-8-11(10)14/h5-8H,9H2,1-4H3,(H,15,17). The summed E-state index contributed by atoms with van der Waals surface area (Å²) in [6.07, 6.45) is 0. The number of hydrogen-bond acceptors (Lipinski definition) is 1. The fraction of sp³-hybridized carbons (Fsp3) is 0.462. The number of carbonyl (C=O) groups is 1. The zero-order valence-electron chi connectivity index (χ0n) is 10.7. The van der Waals surface area contributed by atoms with Crippen LogP contribution in [0.3, 0.4) is 0 Å². The average molecular weight is 238 g/mol. The Kier molecular flexibility index (Phi) is 4.10. The van der Waals surface area contributed by atoms with Gasteiger partial charge in [-0.1, -0.05) is 18.2 Å². The molecule has 4 heteroatoms. The first-order chi connectivity index (χ1) is 7.79. The van der Waals surface area contributed by atoms with Gasteiger partial charge < -0.3 is 10.2 Å². The van der Waals surface area contributed by atoms with Crippen molar-refractivity contribution in [2.75, 3.05) is 7.05 Å². The van der Waals surface area contributed by atoms with Gasteiger partial charge >= 0.3 is 6.03 Å². The summed E-state index contributed by atoms with van der Waals surface area (Å²) in [6.45, 7) is 5.97. The molecular formula is C13H19FN2O. The molecule has 2 amide bonds. The van der Waals surface area contributed by atoms with E-state index < -0.39 is 0 Å². The van der Waals surface area contributed by atoms with Crippen molar-refractivity contribution in [2.45, 2.75) is 32.9 Å². The average Bonchev–Trinajstić information content (AvgIpc) is 2.18. The van der Waals surface area contributed by atoms with Gasteiger partial charge in [0.05, 0.1) is 0 Å². The fourth-order valence-corrected chi connectivity index (χ4v) is 1.37. The van der Waals surface area contributed by atoms with Crippen molar-refractivity contribution in [3.8, 4) is 0 Å². The molecule has 0 atom stereocenters. The third kappa shape index (κ3) is 4.43. The van der Waals surface area contributed by atoms with E-state index in [9.17, 15) is 9.18 Å². The van der Waals surface area contributed by atoms with Crippen LogP contribution >= 0.6 is 0 Å². The maximum absolute atomic E-state index is 13.4. The number of carbonyl (C=O) groups excluding carboxylic acids is 1. The van der Waals surface area contributed by atoms with E-state index in [1.54, 1.807) is 25.2 Å². The second kappa shape index (κ2) is 5.17. The molecule has 0 aliphatic carbocycles. The number of urea groups is 1. The van der Waals surface area contributed by atoms with Gasteiger partial charge in [-0.15, -0.1) is 0 Å². The lowest BCUT2D eigenvalue weighted by atomic mass is 10.1. The molecule has 1 aromatic rings. The van der Waals surface area contributed by atoms with Gasteiger partial charge in [-0.25, -0.2) is 9.18 Å². The topological polar surface area (TPSA) is 32.3 Å². The van der Waals surface area contributed by atoms with Crippen molar-refractivity contribution < 1.29 is 9.18 Å². The van der Waals surface area contributed by atoms with Crippen LogP contribution in [0.2, 0.25) is 0 Å².